The molecular formula is C9H12O3. The van der Waals surface area contributed by atoms with E-state index in [0.29, 0.717) is 5.76 Å². The predicted molar refractivity (Wildman–Crippen MR) is 44.4 cm³/mol. The van der Waals surface area contributed by atoms with Crippen molar-refractivity contribution in [2.24, 2.45) is 0 Å². The fraction of sp³-hybridized carbons (Fsp3) is 0.444. The minimum Gasteiger partial charge on any atom is -0.490 e. The molecule has 1 heterocycles. The Morgan fingerprint density at radius 2 is 2.58 bits per heavy atom. The van der Waals surface area contributed by atoms with Gasteiger partial charge in [-0.05, 0) is 6.42 Å². The topological polar surface area (TPSA) is 35.5 Å². The van der Waals surface area contributed by atoms with Gasteiger partial charge in [0.05, 0.1) is 13.2 Å². The number of carbonyl (C=O) groups is 1. The maximum atomic E-state index is 10.8. The number of esters is 1. The fourth-order valence-corrected chi connectivity index (χ4v) is 1.06. The largest absolute Gasteiger partial charge is 0.490 e. The van der Waals surface area contributed by atoms with E-state index in [1.807, 2.05) is 0 Å². The Morgan fingerprint density at radius 3 is 3.08 bits per heavy atom. The van der Waals surface area contributed by atoms with Crippen molar-refractivity contribution in [2.45, 2.75) is 18.9 Å². The first kappa shape index (κ1) is 8.84. The van der Waals surface area contributed by atoms with Crippen LogP contribution in [0.2, 0.25) is 0 Å². The third kappa shape index (κ3) is 2.12. The van der Waals surface area contributed by atoms with E-state index in [0.717, 1.165) is 12.8 Å². The number of ether oxygens (including phenoxy) is 2. The molecule has 0 aromatic carbocycles. The van der Waals surface area contributed by atoms with Crippen LogP contribution in [0.1, 0.15) is 12.8 Å². The third-order valence-corrected chi connectivity index (χ3v) is 1.72. The molecule has 0 spiro atoms. The summed E-state index contributed by atoms with van der Waals surface area (Å²) in [6.45, 7) is 3.61. The summed E-state index contributed by atoms with van der Waals surface area (Å²) in [6.07, 6.45) is 4.85. The number of methoxy groups -OCH3 is 1. The van der Waals surface area contributed by atoms with Crippen LogP contribution in [0.25, 0.3) is 0 Å². The van der Waals surface area contributed by atoms with Gasteiger partial charge in [-0.25, -0.2) is 4.79 Å². The summed E-state index contributed by atoms with van der Waals surface area (Å²) in [5.41, 5.74) is 0. The van der Waals surface area contributed by atoms with E-state index in [4.69, 9.17) is 4.74 Å². The Kier molecular flexibility index (Phi) is 2.91. The summed E-state index contributed by atoms with van der Waals surface area (Å²) in [6, 6.07) is 0. The van der Waals surface area contributed by atoms with Gasteiger partial charge in [0.15, 0.2) is 0 Å². The molecule has 0 N–H and O–H groups in total. The quantitative estimate of drug-likeness (QED) is 0.355. The molecule has 1 saturated heterocycles. The van der Waals surface area contributed by atoms with Crippen molar-refractivity contribution in [3.8, 4) is 0 Å². The van der Waals surface area contributed by atoms with Crippen LogP contribution in [0, 0.1) is 0 Å². The zero-order valence-electron chi connectivity index (χ0n) is 7.08. The van der Waals surface area contributed by atoms with Crippen molar-refractivity contribution in [3.05, 3.63) is 24.5 Å². The van der Waals surface area contributed by atoms with Crippen LogP contribution >= 0.6 is 0 Å². The molecule has 0 bridgehead atoms. The van der Waals surface area contributed by atoms with E-state index in [1.54, 1.807) is 6.08 Å². The average Bonchev–Trinajstić information content (AvgIpc) is 2.52. The smallest absolute Gasteiger partial charge is 0.333 e. The lowest BCUT2D eigenvalue weighted by atomic mass is 10.2. The zero-order valence-corrected chi connectivity index (χ0v) is 7.08. The van der Waals surface area contributed by atoms with Crippen molar-refractivity contribution in [3.63, 3.8) is 0 Å². The van der Waals surface area contributed by atoms with E-state index >= 15 is 0 Å². The first-order chi connectivity index (χ1) is 5.76. The highest BCUT2D eigenvalue weighted by atomic mass is 16.5. The second-order valence-electron chi connectivity index (χ2n) is 2.56. The molecule has 0 saturated carbocycles. The Bertz CT molecular complexity index is 218. The van der Waals surface area contributed by atoms with E-state index in [2.05, 4.69) is 11.3 Å². The molecule has 0 aliphatic carbocycles. The number of hydrogen-bond donors (Lipinski definition) is 0. The molecule has 3 heteroatoms. The summed E-state index contributed by atoms with van der Waals surface area (Å²) in [7, 11) is 1.35. The molecule has 1 rings (SSSR count). The minimum atomic E-state index is -0.366. The van der Waals surface area contributed by atoms with Crippen LogP contribution in [0.3, 0.4) is 0 Å². The van der Waals surface area contributed by atoms with Crippen molar-refractivity contribution in [1.29, 1.82) is 0 Å². The highest BCUT2D eigenvalue weighted by molar-refractivity contribution is 5.82. The molecular weight excluding hydrogens is 156 g/mol. The molecule has 0 radical (unpaired) electrons. The van der Waals surface area contributed by atoms with Gasteiger partial charge in [0, 0.05) is 6.42 Å². The molecule has 1 aliphatic heterocycles. The second kappa shape index (κ2) is 3.95. The predicted octanol–water partition coefficient (Wildman–Crippen LogP) is 1.41. The summed E-state index contributed by atoms with van der Waals surface area (Å²) in [4.78, 5) is 10.8. The van der Waals surface area contributed by atoms with Crippen LogP contribution < -0.4 is 0 Å². The lowest BCUT2D eigenvalue weighted by molar-refractivity contribution is -0.135. The SMILES string of the molecule is C=CC1CC/C(=C\C(=O)OC)O1. The van der Waals surface area contributed by atoms with Crippen LogP contribution in [-0.2, 0) is 14.3 Å². The molecule has 12 heavy (non-hydrogen) atoms. The van der Waals surface area contributed by atoms with Crippen LogP contribution in [0.4, 0.5) is 0 Å². The molecule has 1 aliphatic rings. The van der Waals surface area contributed by atoms with Crippen molar-refractivity contribution in [2.75, 3.05) is 7.11 Å². The maximum absolute atomic E-state index is 10.8. The first-order valence-electron chi connectivity index (χ1n) is 3.84. The molecule has 3 nitrogen and oxygen atoms in total. The molecule has 0 aromatic heterocycles. The van der Waals surface area contributed by atoms with Crippen LogP contribution in [0.5, 0.6) is 0 Å². The number of allylic oxidation sites excluding steroid dienone is 1. The normalized spacial score (nSPS) is 25.1. The highest BCUT2D eigenvalue weighted by Crippen LogP contribution is 2.23. The Hall–Kier alpha value is -1.25. The van der Waals surface area contributed by atoms with Gasteiger partial charge < -0.3 is 9.47 Å². The monoisotopic (exact) mass is 168 g/mol. The Labute approximate surface area is 71.7 Å². The zero-order chi connectivity index (χ0) is 8.97. The van der Waals surface area contributed by atoms with Crippen molar-refractivity contribution >= 4 is 5.97 Å². The third-order valence-electron chi connectivity index (χ3n) is 1.72. The standard InChI is InChI=1S/C9H12O3/c1-3-7-4-5-8(12-7)6-9(10)11-2/h3,6-7H,1,4-5H2,2H3/b8-6+. The number of carbonyl (C=O) groups excluding carboxylic acids is 1. The van der Waals surface area contributed by atoms with E-state index in [9.17, 15) is 4.79 Å². The molecule has 0 amide bonds. The van der Waals surface area contributed by atoms with Gasteiger partial charge in [-0.2, -0.15) is 0 Å². The van der Waals surface area contributed by atoms with Crippen LogP contribution in [-0.4, -0.2) is 19.2 Å². The molecule has 1 atom stereocenters. The minimum absolute atomic E-state index is 0.0564. The molecule has 1 fully saturated rings. The van der Waals surface area contributed by atoms with E-state index in [-0.39, 0.29) is 12.1 Å². The Balaban J connectivity index is 2.50. The summed E-state index contributed by atoms with van der Waals surface area (Å²) in [5.74, 6) is 0.321. The van der Waals surface area contributed by atoms with Crippen molar-refractivity contribution in [1.82, 2.24) is 0 Å². The van der Waals surface area contributed by atoms with Crippen LogP contribution in [0.15, 0.2) is 24.5 Å². The van der Waals surface area contributed by atoms with E-state index in [1.165, 1.54) is 13.2 Å². The average molecular weight is 168 g/mol. The van der Waals surface area contributed by atoms with E-state index < -0.39 is 0 Å². The lowest BCUT2D eigenvalue weighted by Gasteiger charge is -2.03. The summed E-state index contributed by atoms with van der Waals surface area (Å²) < 4.78 is 9.79. The summed E-state index contributed by atoms with van der Waals surface area (Å²) in [5, 5.41) is 0. The van der Waals surface area contributed by atoms with Gasteiger partial charge in [-0.3, -0.25) is 0 Å². The van der Waals surface area contributed by atoms with Gasteiger partial charge >= 0.3 is 5.97 Å². The second-order valence-corrected chi connectivity index (χ2v) is 2.56. The number of hydrogen-bond acceptors (Lipinski definition) is 3. The first-order valence-corrected chi connectivity index (χ1v) is 3.84. The van der Waals surface area contributed by atoms with Gasteiger partial charge in [0.1, 0.15) is 11.9 Å². The van der Waals surface area contributed by atoms with Gasteiger partial charge in [-0.1, -0.05) is 12.7 Å². The molecule has 0 aromatic rings. The molecule has 1 unspecified atom stereocenters. The molecule has 66 valence electrons. The Morgan fingerprint density at radius 1 is 1.83 bits per heavy atom. The summed E-state index contributed by atoms with van der Waals surface area (Å²) >= 11 is 0. The van der Waals surface area contributed by atoms with Gasteiger partial charge in [-0.15, -0.1) is 0 Å². The van der Waals surface area contributed by atoms with Gasteiger partial charge in [0.2, 0.25) is 0 Å². The van der Waals surface area contributed by atoms with Gasteiger partial charge in [0.25, 0.3) is 0 Å². The lowest BCUT2D eigenvalue weighted by Crippen LogP contribution is -2.00. The number of rotatable bonds is 2. The fourth-order valence-electron chi connectivity index (χ4n) is 1.06. The highest BCUT2D eigenvalue weighted by Gasteiger charge is 2.18. The van der Waals surface area contributed by atoms with Crippen molar-refractivity contribution < 1.29 is 14.3 Å². The maximum Gasteiger partial charge on any atom is 0.333 e.